The molecule has 3 aliphatic rings. The number of rotatable bonds is 7. The summed E-state index contributed by atoms with van der Waals surface area (Å²) >= 11 is 6.46. The smallest absolute Gasteiger partial charge is 0.439 e. The molecule has 6 heterocycles. The summed E-state index contributed by atoms with van der Waals surface area (Å²) in [5.74, 6) is 1.57. The highest BCUT2D eigenvalue weighted by Gasteiger charge is 2.41. The molecule has 4 aromatic heterocycles. The molecule has 0 bridgehead atoms. The van der Waals surface area contributed by atoms with Crippen LogP contribution >= 0.6 is 11.6 Å². The standard InChI is InChI=1S/C36H39ClN8O5/c1-22-7-9-23(10-8-22)19-45-32-27(16-28(33-41-35(46)50-42-33)39-31(32)25-15-26(37)18-38-17-25)40-34(45)44-13-14-48-30-20-43(12-11-29(30)44)36(47)49-21-24-5-3-2-4-6-24/h2-6,15-18,22-23,29-30H,7-14,19-21H2,1H3,(H,41,42,46)/t22?,23?,29-,30-/m1/s1. The van der Waals surface area contributed by atoms with Crippen molar-refractivity contribution >= 4 is 34.7 Å². The van der Waals surface area contributed by atoms with E-state index in [1.54, 1.807) is 17.3 Å². The van der Waals surface area contributed by atoms with Gasteiger partial charge in [-0.3, -0.25) is 14.5 Å². The van der Waals surface area contributed by atoms with Crippen molar-refractivity contribution in [3.8, 4) is 22.8 Å². The molecule has 13 nitrogen and oxygen atoms in total. The maximum Gasteiger partial charge on any atom is 0.439 e. The van der Waals surface area contributed by atoms with Crippen LogP contribution in [0.1, 0.15) is 44.6 Å². The number of morpholine rings is 1. The number of carbonyl (C=O) groups excluding carboxylic acids is 1. The summed E-state index contributed by atoms with van der Waals surface area (Å²) in [5.41, 5.74) is 4.30. The van der Waals surface area contributed by atoms with Gasteiger partial charge in [0.1, 0.15) is 12.3 Å². The highest BCUT2D eigenvalue weighted by Crippen LogP contribution is 2.39. The molecular formula is C36H39ClN8O5. The molecule has 3 fully saturated rings. The van der Waals surface area contributed by atoms with Crippen molar-refractivity contribution in [2.45, 2.75) is 64.3 Å². The predicted molar refractivity (Wildman–Crippen MR) is 187 cm³/mol. The van der Waals surface area contributed by atoms with Gasteiger partial charge in [-0.25, -0.2) is 19.6 Å². The number of pyridine rings is 2. The molecule has 260 valence electrons. The number of benzene rings is 1. The second-order valence-corrected chi connectivity index (χ2v) is 14.1. The fourth-order valence-electron chi connectivity index (χ4n) is 7.63. The zero-order chi connectivity index (χ0) is 34.2. The molecule has 8 rings (SSSR count). The van der Waals surface area contributed by atoms with Gasteiger partial charge in [0.25, 0.3) is 0 Å². The molecule has 0 spiro atoms. The zero-order valence-electron chi connectivity index (χ0n) is 27.8. The molecule has 0 radical (unpaired) electrons. The Labute approximate surface area is 293 Å². The maximum atomic E-state index is 13.1. The number of hydrogen-bond donors (Lipinski definition) is 1. The molecule has 5 aromatic rings. The van der Waals surface area contributed by atoms with Crippen LogP contribution in [0.15, 0.2) is 64.2 Å². The minimum atomic E-state index is -0.666. The highest BCUT2D eigenvalue weighted by atomic mass is 35.5. The Bertz CT molecular complexity index is 2040. The lowest BCUT2D eigenvalue weighted by Gasteiger charge is -2.47. The fourth-order valence-corrected chi connectivity index (χ4v) is 7.80. The Hall–Kier alpha value is -4.75. The van der Waals surface area contributed by atoms with E-state index in [0.29, 0.717) is 60.5 Å². The second kappa shape index (κ2) is 13.9. The fraction of sp³-hybridized carbons (Fsp3) is 0.444. The first kappa shape index (κ1) is 32.5. The van der Waals surface area contributed by atoms with E-state index in [1.807, 2.05) is 42.5 Å². The van der Waals surface area contributed by atoms with Crippen molar-refractivity contribution in [1.29, 1.82) is 0 Å². The summed E-state index contributed by atoms with van der Waals surface area (Å²) in [5, 5.41) is 4.40. The van der Waals surface area contributed by atoms with Crippen molar-refractivity contribution in [1.82, 2.24) is 34.6 Å². The first-order valence-corrected chi connectivity index (χ1v) is 17.7. The average molecular weight is 699 g/mol. The van der Waals surface area contributed by atoms with Gasteiger partial charge >= 0.3 is 11.8 Å². The van der Waals surface area contributed by atoms with E-state index >= 15 is 0 Å². The number of amides is 1. The Morgan fingerprint density at radius 1 is 1.06 bits per heavy atom. The molecule has 1 aromatic carbocycles. The lowest BCUT2D eigenvalue weighted by Crippen LogP contribution is -2.60. The van der Waals surface area contributed by atoms with Crippen molar-refractivity contribution < 1.29 is 18.8 Å². The summed E-state index contributed by atoms with van der Waals surface area (Å²) in [6, 6.07) is 13.4. The monoisotopic (exact) mass is 698 g/mol. The topological polar surface area (TPSA) is 144 Å². The van der Waals surface area contributed by atoms with Crippen LogP contribution in [-0.2, 0) is 22.6 Å². The molecule has 2 saturated heterocycles. The number of anilines is 1. The van der Waals surface area contributed by atoms with Gasteiger partial charge in [0, 0.05) is 37.6 Å². The van der Waals surface area contributed by atoms with E-state index in [0.717, 1.165) is 47.9 Å². The van der Waals surface area contributed by atoms with Crippen LogP contribution in [0.2, 0.25) is 5.02 Å². The minimum absolute atomic E-state index is 0.000486. The molecule has 0 unspecified atom stereocenters. The molecule has 50 heavy (non-hydrogen) atoms. The highest BCUT2D eigenvalue weighted by molar-refractivity contribution is 6.30. The van der Waals surface area contributed by atoms with Crippen LogP contribution in [0.25, 0.3) is 33.8 Å². The molecule has 14 heteroatoms. The molecule has 1 amide bonds. The lowest BCUT2D eigenvalue weighted by atomic mass is 9.83. The summed E-state index contributed by atoms with van der Waals surface area (Å²) < 4.78 is 19.1. The predicted octanol–water partition coefficient (Wildman–Crippen LogP) is 5.93. The van der Waals surface area contributed by atoms with Crippen LogP contribution in [0, 0.1) is 11.8 Å². The van der Waals surface area contributed by atoms with Crippen LogP contribution < -0.4 is 10.7 Å². The first-order valence-electron chi connectivity index (χ1n) is 17.3. The van der Waals surface area contributed by atoms with E-state index in [4.69, 9.17) is 35.6 Å². The number of imidazole rings is 1. The number of carbonyl (C=O) groups is 1. The number of nitrogens with one attached hydrogen (secondary N) is 1. The Morgan fingerprint density at radius 2 is 1.90 bits per heavy atom. The second-order valence-electron chi connectivity index (χ2n) is 13.7. The maximum absolute atomic E-state index is 13.1. The van der Waals surface area contributed by atoms with E-state index in [-0.39, 0.29) is 30.7 Å². The first-order chi connectivity index (χ1) is 24.4. The van der Waals surface area contributed by atoms with E-state index in [1.165, 1.54) is 12.8 Å². The molecule has 1 aliphatic carbocycles. The van der Waals surface area contributed by atoms with Crippen LogP contribution in [-0.4, -0.2) is 79.0 Å². The number of halogens is 1. The van der Waals surface area contributed by atoms with Gasteiger partial charge in [-0.1, -0.05) is 66.9 Å². The van der Waals surface area contributed by atoms with Crippen molar-refractivity contribution in [2.24, 2.45) is 11.8 Å². The third-order valence-electron chi connectivity index (χ3n) is 10.3. The largest absolute Gasteiger partial charge is 0.445 e. The van der Waals surface area contributed by atoms with Gasteiger partial charge in [0.05, 0.1) is 47.0 Å². The summed E-state index contributed by atoms with van der Waals surface area (Å²) in [6.07, 6.45) is 8.13. The van der Waals surface area contributed by atoms with E-state index < -0.39 is 5.76 Å². The van der Waals surface area contributed by atoms with Gasteiger partial charge in [-0.2, -0.15) is 0 Å². The van der Waals surface area contributed by atoms with Crippen LogP contribution in [0.5, 0.6) is 0 Å². The Balaban J connectivity index is 1.17. The number of H-pyrrole nitrogens is 1. The van der Waals surface area contributed by atoms with Crippen molar-refractivity contribution in [3.05, 3.63) is 76.0 Å². The van der Waals surface area contributed by atoms with E-state index in [9.17, 15) is 9.59 Å². The van der Waals surface area contributed by atoms with Gasteiger partial charge in [0.2, 0.25) is 11.8 Å². The number of aromatic amines is 1. The number of ether oxygens (including phenoxy) is 2. The number of piperidine rings is 1. The molecule has 2 atom stereocenters. The summed E-state index contributed by atoms with van der Waals surface area (Å²) in [4.78, 5) is 46.5. The van der Waals surface area contributed by atoms with Gasteiger partial charge in [-0.15, -0.1) is 0 Å². The number of likely N-dealkylation sites (tertiary alicyclic amines) is 1. The number of aromatic nitrogens is 6. The summed E-state index contributed by atoms with van der Waals surface area (Å²) in [7, 11) is 0. The minimum Gasteiger partial charge on any atom is -0.445 e. The third kappa shape index (κ3) is 6.59. The van der Waals surface area contributed by atoms with Crippen molar-refractivity contribution in [3.63, 3.8) is 0 Å². The SMILES string of the molecule is CC1CCC(Cn2c(N3CCO[C@@H]4CN(C(=O)OCc5ccccc5)CC[C@H]43)nc3cc(-c4noc(=O)[nH]4)nc(-c4cncc(Cl)c4)c32)CC1. The zero-order valence-corrected chi connectivity index (χ0v) is 28.6. The van der Waals surface area contributed by atoms with Crippen LogP contribution in [0.3, 0.4) is 0 Å². The molecular weight excluding hydrogens is 660 g/mol. The van der Waals surface area contributed by atoms with Crippen molar-refractivity contribution in [2.75, 3.05) is 31.1 Å². The Morgan fingerprint density at radius 3 is 2.68 bits per heavy atom. The van der Waals surface area contributed by atoms with Gasteiger partial charge < -0.3 is 23.8 Å². The third-order valence-corrected chi connectivity index (χ3v) is 10.5. The average Bonchev–Trinajstić information content (AvgIpc) is 3.74. The summed E-state index contributed by atoms with van der Waals surface area (Å²) in [6.45, 7) is 5.44. The normalized spacial score (nSPS) is 22.4. The molecule has 1 saturated carbocycles. The van der Waals surface area contributed by atoms with E-state index in [2.05, 4.69) is 31.5 Å². The lowest BCUT2D eigenvalue weighted by molar-refractivity contribution is -0.0340. The number of nitrogens with zero attached hydrogens (tertiary/aromatic N) is 7. The number of hydrogen-bond acceptors (Lipinski definition) is 10. The van der Waals surface area contributed by atoms with Gasteiger partial charge in [0.15, 0.2) is 0 Å². The Kier molecular flexibility index (Phi) is 9.00. The number of fused-ring (bicyclic) bond motifs is 2. The quantitative estimate of drug-likeness (QED) is 0.217. The molecule has 1 N–H and O–H groups in total. The molecule has 2 aliphatic heterocycles. The van der Waals surface area contributed by atoms with Crippen LogP contribution in [0.4, 0.5) is 10.7 Å². The van der Waals surface area contributed by atoms with Gasteiger partial charge in [-0.05, 0) is 48.8 Å².